The Labute approximate surface area is 95.4 Å². The first-order valence-electron chi connectivity index (χ1n) is 5.16. The lowest BCUT2D eigenvalue weighted by Gasteiger charge is -2.18. The van der Waals surface area contributed by atoms with E-state index >= 15 is 0 Å². The van der Waals surface area contributed by atoms with Gasteiger partial charge in [-0.25, -0.2) is 0 Å². The zero-order valence-electron chi connectivity index (χ0n) is 9.05. The lowest BCUT2D eigenvalue weighted by Crippen LogP contribution is -2.29. The first kappa shape index (κ1) is 10.7. The van der Waals surface area contributed by atoms with E-state index in [4.69, 9.17) is 11.6 Å². The van der Waals surface area contributed by atoms with Crippen molar-refractivity contribution in [3.8, 4) is 0 Å². The lowest BCUT2D eigenvalue weighted by atomic mass is 10.0. The van der Waals surface area contributed by atoms with Crippen molar-refractivity contribution >= 4 is 17.2 Å². The Balaban J connectivity index is 2.33. The van der Waals surface area contributed by atoms with E-state index in [-0.39, 0.29) is 5.38 Å². The number of rotatable bonds is 1. The smallest absolute Gasteiger partial charge is 0.0647 e. The lowest BCUT2D eigenvalue weighted by molar-refractivity contribution is 0.743. The van der Waals surface area contributed by atoms with Crippen molar-refractivity contribution in [2.45, 2.75) is 19.2 Å². The van der Waals surface area contributed by atoms with E-state index in [2.05, 4.69) is 29.4 Å². The van der Waals surface area contributed by atoms with Gasteiger partial charge in [0.1, 0.15) is 0 Å². The monoisotopic (exact) mass is 222 g/mol. The maximum absolute atomic E-state index is 6.07. The van der Waals surface area contributed by atoms with Gasteiger partial charge >= 0.3 is 0 Å². The second-order valence-corrected chi connectivity index (χ2v) is 4.53. The normalized spacial score (nSPS) is 21.3. The molecule has 3 heteroatoms. The van der Waals surface area contributed by atoms with Crippen molar-refractivity contribution in [2.24, 2.45) is 0 Å². The summed E-state index contributed by atoms with van der Waals surface area (Å²) in [5.41, 5.74) is 4.74. The van der Waals surface area contributed by atoms with Gasteiger partial charge in [0.15, 0.2) is 0 Å². The molecule has 0 fully saturated rings. The second-order valence-electron chi connectivity index (χ2n) is 3.97. The minimum Gasteiger partial charge on any atom is -0.311 e. The van der Waals surface area contributed by atoms with E-state index in [1.165, 1.54) is 16.7 Å². The summed E-state index contributed by atoms with van der Waals surface area (Å²) in [5, 5.41) is 3.38. The third kappa shape index (κ3) is 2.39. The molecule has 1 aliphatic rings. The van der Waals surface area contributed by atoms with Crippen LogP contribution in [-0.2, 0) is 0 Å². The van der Waals surface area contributed by atoms with Crippen LogP contribution in [0.4, 0.5) is 0 Å². The predicted molar refractivity (Wildman–Crippen MR) is 64.2 cm³/mol. The molecule has 0 aromatic carbocycles. The molecule has 1 aliphatic heterocycles. The summed E-state index contributed by atoms with van der Waals surface area (Å²) < 4.78 is 0. The van der Waals surface area contributed by atoms with Gasteiger partial charge in [-0.15, -0.1) is 11.6 Å². The number of aromatic nitrogens is 1. The zero-order valence-corrected chi connectivity index (χ0v) is 9.80. The van der Waals surface area contributed by atoms with Gasteiger partial charge in [0, 0.05) is 25.0 Å². The number of nitrogens with one attached hydrogen (secondary N) is 1. The predicted octanol–water partition coefficient (Wildman–Crippen LogP) is 2.29. The number of aryl methyl sites for hydroxylation is 2. The van der Waals surface area contributed by atoms with Crippen molar-refractivity contribution in [2.75, 3.05) is 13.1 Å². The van der Waals surface area contributed by atoms with Gasteiger partial charge in [-0.05, 0) is 36.6 Å². The summed E-state index contributed by atoms with van der Waals surface area (Å²) in [7, 11) is 0. The highest BCUT2D eigenvalue weighted by Gasteiger charge is 2.12. The quantitative estimate of drug-likeness (QED) is 0.738. The van der Waals surface area contributed by atoms with E-state index in [1.54, 1.807) is 0 Å². The Kier molecular flexibility index (Phi) is 3.08. The van der Waals surface area contributed by atoms with Crippen LogP contribution in [0, 0.1) is 13.8 Å². The summed E-state index contributed by atoms with van der Waals surface area (Å²) in [6, 6.07) is 2.17. The van der Waals surface area contributed by atoms with Crippen molar-refractivity contribution in [3.05, 3.63) is 35.2 Å². The van der Waals surface area contributed by atoms with Crippen LogP contribution in [0.2, 0.25) is 0 Å². The fourth-order valence-corrected chi connectivity index (χ4v) is 1.96. The van der Waals surface area contributed by atoms with Crippen LogP contribution in [0.5, 0.6) is 0 Å². The standard InChI is InChI=1S/C12H15ClN2/c1-8-3-10(6-15-9(8)2)11-4-12(13)7-14-5-11/h3-4,6,12,14H,5,7H2,1-2H3. The van der Waals surface area contributed by atoms with Crippen molar-refractivity contribution < 1.29 is 0 Å². The second kappa shape index (κ2) is 4.33. The highest BCUT2D eigenvalue weighted by molar-refractivity contribution is 6.22. The Hall–Kier alpha value is -0.860. The van der Waals surface area contributed by atoms with Crippen LogP contribution in [0.15, 0.2) is 18.3 Å². The van der Waals surface area contributed by atoms with Gasteiger partial charge in [-0.1, -0.05) is 6.08 Å². The number of nitrogens with zero attached hydrogens (tertiary/aromatic N) is 1. The molecule has 0 saturated carbocycles. The Morgan fingerprint density at radius 1 is 1.47 bits per heavy atom. The largest absolute Gasteiger partial charge is 0.311 e. The van der Waals surface area contributed by atoms with Gasteiger partial charge < -0.3 is 5.32 Å². The molecule has 1 atom stereocenters. The van der Waals surface area contributed by atoms with E-state index < -0.39 is 0 Å². The number of pyridine rings is 1. The first-order chi connectivity index (χ1) is 7.16. The Bertz CT molecular complexity index is 399. The summed E-state index contributed by atoms with van der Waals surface area (Å²) in [4.78, 5) is 4.37. The van der Waals surface area contributed by atoms with Gasteiger partial charge in [-0.3, -0.25) is 4.98 Å². The van der Waals surface area contributed by atoms with Crippen molar-refractivity contribution in [3.63, 3.8) is 0 Å². The van der Waals surface area contributed by atoms with Gasteiger partial charge in [0.25, 0.3) is 0 Å². The number of hydrogen-bond acceptors (Lipinski definition) is 2. The minimum atomic E-state index is 0.0929. The Morgan fingerprint density at radius 2 is 2.27 bits per heavy atom. The molecule has 1 N–H and O–H groups in total. The number of alkyl halides is 1. The molecular weight excluding hydrogens is 208 g/mol. The van der Waals surface area contributed by atoms with E-state index in [0.717, 1.165) is 18.8 Å². The fraction of sp³-hybridized carbons (Fsp3) is 0.417. The van der Waals surface area contributed by atoms with Crippen LogP contribution in [0.1, 0.15) is 16.8 Å². The molecule has 2 rings (SSSR count). The molecular formula is C12H15ClN2. The molecule has 2 nitrogen and oxygen atoms in total. The maximum atomic E-state index is 6.07. The molecule has 0 bridgehead atoms. The molecule has 0 saturated heterocycles. The molecule has 80 valence electrons. The summed E-state index contributed by atoms with van der Waals surface area (Å²) in [6.45, 7) is 5.84. The van der Waals surface area contributed by atoms with Crippen molar-refractivity contribution in [1.29, 1.82) is 0 Å². The SMILES string of the molecule is Cc1cc(C2=CC(Cl)CNC2)cnc1C. The molecule has 0 aliphatic carbocycles. The third-order valence-electron chi connectivity index (χ3n) is 2.75. The average molecular weight is 223 g/mol. The van der Waals surface area contributed by atoms with Crippen LogP contribution < -0.4 is 5.32 Å². The average Bonchev–Trinajstić information content (AvgIpc) is 2.22. The van der Waals surface area contributed by atoms with E-state index in [0.29, 0.717) is 0 Å². The summed E-state index contributed by atoms with van der Waals surface area (Å²) in [6.07, 6.45) is 4.04. The highest BCUT2D eigenvalue weighted by Crippen LogP contribution is 2.19. The van der Waals surface area contributed by atoms with Crippen molar-refractivity contribution in [1.82, 2.24) is 10.3 Å². The molecule has 15 heavy (non-hydrogen) atoms. The third-order valence-corrected chi connectivity index (χ3v) is 3.03. The minimum absolute atomic E-state index is 0.0929. The Morgan fingerprint density at radius 3 is 2.93 bits per heavy atom. The molecule has 2 heterocycles. The van der Waals surface area contributed by atoms with Crippen LogP contribution in [-0.4, -0.2) is 23.5 Å². The fourth-order valence-electron chi connectivity index (χ4n) is 1.70. The molecule has 0 spiro atoms. The molecule has 1 aromatic rings. The number of halogens is 1. The first-order valence-corrected chi connectivity index (χ1v) is 5.59. The van der Waals surface area contributed by atoms with Gasteiger partial charge in [0.05, 0.1) is 5.38 Å². The van der Waals surface area contributed by atoms with Crippen LogP contribution in [0.3, 0.4) is 0 Å². The van der Waals surface area contributed by atoms with Gasteiger partial charge in [0.2, 0.25) is 0 Å². The molecule has 0 amide bonds. The van der Waals surface area contributed by atoms with Crippen LogP contribution in [0.25, 0.3) is 5.57 Å². The van der Waals surface area contributed by atoms with E-state index in [1.807, 2.05) is 13.1 Å². The van der Waals surface area contributed by atoms with Gasteiger partial charge in [-0.2, -0.15) is 0 Å². The summed E-state index contributed by atoms with van der Waals surface area (Å²) in [5.74, 6) is 0. The topological polar surface area (TPSA) is 24.9 Å². The molecule has 1 unspecified atom stereocenters. The molecule has 0 radical (unpaired) electrons. The zero-order chi connectivity index (χ0) is 10.8. The summed E-state index contributed by atoms with van der Waals surface area (Å²) >= 11 is 6.07. The van der Waals surface area contributed by atoms with Crippen LogP contribution >= 0.6 is 11.6 Å². The highest BCUT2D eigenvalue weighted by atomic mass is 35.5. The maximum Gasteiger partial charge on any atom is 0.0647 e. The number of hydrogen-bond donors (Lipinski definition) is 1. The van der Waals surface area contributed by atoms with E-state index in [9.17, 15) is 0 Å². The molecule has 1 aromatic heterocycles.